The fourth-order valence-corrected chi connectivity index (χ4v) is 6.78. The molecule has 1 aromatic heterocycles. The van der Waals surface area contributed by atoms with Crippen LogP contribution in [0.1, 0.15) is 51.0 Å². The van der Waals surface area contributed by atoms with Crippen LogP contribution in [0.3, 0.4) is 0 Å². The highest BCUT2D eigenvalue weighted by molar-refractivity contribution is 7.92. The van der Waals surface area contributed by atoms with E-state index in [0.717, 1.165) is 18.9 Å². The first kappa shape index (κ1) is 25.3. The molecule has 38 heavy (non-hydrogen) atoms. The maximum absolute atomic E-state index is 14.8. The summed E-state index contributed by atoms with van der Waals surface area (Å²) in [5.74, 6) is 0.0367. The Kier molecular flexibility index (Phi) is 6.21. The highest BCUT2D eigenvalue weighted by Gasteiger charge is 2.48. The van der Waals surface area contributed by atoms with Crippen LogP contribution in [0.25, 0.3) is 0 Å². The number of amides is 1. The first-order valence-corrected chi connectivity index (χ1v) is 14.6. The molecule has 2 aromatic rings. The Hall–Kier alpha value is -2.99. The number of piperidine rings is 1. The van der Waals surface area contributed by atoms with Crippen LogP contribution < -0.4 is 10.1 Å². The number of hydrogen-bond acceptors (Lipinski definition) is 9. The Morgan fingerprint density at radius 3 is 2.53 bits per heavy atom. The molecule has 10 nitrogen and oxygen atoms in total. The smallest absolute Gasteiger partial charge is 0.410 e. The van der Waals surface area contributed by atoms with Gasteiger partial charge in [-0.2, -0.15) is 0 Å². The van der Waals surface area contributed by atoms with Crippen molar-refractivity contribution in [1.29, 1.82) is 0 Å². The highest BCUT2D eigenvalue weighted by Crippen LogP contribution is 2.41. The van der Waals surface area contributed by atoms with E-state index >= 15 is 0 Å². The van der Waals surface area contributed by atoms with E-state index in [2.05, 4.69) is 15.3 Å². The van der Waals surface area contributed by atoms with Crippen LogP contribution in [0, 0.1) is 12.7 Å². The number of anilines is 2. The first-order chi connectivity index (χ1) is 18.1. The lowest BCUT2D eigenvalue weighted by Gasteiger charge is -2.47. The first-order valence-electron chi connectivity index (χ1n) is 13.0. The fourth-order valence-electron chi connectivity index (χ4n) is 5.11. The van der Waals surface area contributed by atoms with Gasteiger partial charge in [0, 0.05) is 12.8 Å². The summed E-state index contributed by atoms with van der Waals surface area (Å²) in [4.78, 5) is 23.2. The van der Waals surface area contributed by atoms with E-state index < -0.39 is 20.9 Å². The fraction of sp³-hybridized carbons (Fsp3) is 0.577. The Balaban J connectivity index is 1.14. The lowest BCUT2D eigenvalue weighted by molar-refractivity contribution is -0.0956. The number of aromatic nitrogens is 2. The number of ether oxygens (including phenoxy) is 3. The Labute approximate surface area is 220 Å². The second-order valence-electron chi connectivity index (χ2n) is 10.9. The monoisotopic (exact) mass is 546 g/mol. The molecular weight excluding hydrogens is 515 g/mol. The standard InChI is InChI=1S/C26H31FN4O6S/c1-15-23(30-22-6-5-20(11-21(22)27)38(33,34)19-3-4-19)28-14-29-24(15)36-18-9-16-12-35-13-17(10-18)31(16)25(32)37-26(2)7-8-26/h5-6,11,14,16-19H,3-4,7-10,12-13H2,1-2H3,(H,28,29,30)/t16-,17?,18?/m1/s1. The van der Waals surface area contributed by atoms with E-state index in [1.165, 1.54) is 18.5 Å². The lowest BCUT2D eigenvalue weighted by atomic mass is 9.92. The zero-order valence-electron chi connectivity index (χ0n) is 21.4. The molecule has 12 heteroatoms. The Morgan fingerprint density at radius 1 is 1.18 bits per heavy atom. The zero-order valence-corrected chi connectivity index (χ0v) is 22.2. The molecule has 0 radical (unpaired) electrons. The predicted molar refractivity (Wildman–Crippen MR) is 135 cm³/mol. The van der Waals surface area contributed by atoms with Crippen LogP contribution in [0.5, 0.6) is 5.88 Å². The van der Waals surface area contributed by atoms with Crippen molar-refractivity contribution in [2.24, 2.45) is 0 Å². The molecule has 2 aliphatic heterocycles. The minimum absolute atomic E-state index is 0.0116. The number of carbonyl (C=O) groups is 1. The van der Waals surface area contributed by atoms with Gasteiger partial charge >= 0.3 is 6.09 Å². The Bertz CT molecular complexity index is 1350. The molecule has 3 heterocycles. The van der Waals surface area contributed by atoms with E-state index in [9.17, 15) is 17.6 Å². The summed E-state index contributed by atoms with van der Waals surface area (Å²) in [6.07, 6.45) is 5.00. The topological polar surface area (TPSA) is 120 Å². The molecule has 1 aromatic carbocycles. The largest absolute Gasteiger partial charge is 0.474 e. The SMILES string of the molecule is Cc1c(Nc2ccc(S(=O)(=O)C3CC3)cc2F)ncnc1OC1CC2COC[C@@H](C1)N2C(=O)OC1(C)CC1. The van der Waals surface area contributed by atoms with Crippen LogP contribution in [0.15, 0.2) is 29.4 Å². The van der Waals surface area contributed by atoms with Gasteiger partial charge in [0.2, 0.25) is 5.88 Å². The highest BCUT2D eigenvalue weighted by atomic mass is 32.2. The third kappa shape index (κ3) is 4.91. The van der Waals surface area contributed by atoms with Gasteiger partial charge in [0.1, 0.15) is 29.7 Å². The van der Waals surface area contributed by atoms with Gasteiger partial charge in [-0.3, -0.25) is 4.90 Å². The van der Waals surface area contributed by atoms with Gasteiger partial charge in [-0.25, -0.2) is 27.6 Å². The van der Waals surface area contributed by atoms with Crippen molar-refractivity contribution in [2.75, 3.05) is 18.5 Å². The van der Waals surface area contributed by atoms with Gasteiger partial charge in [-0.15, -0.1) is 0 Å². The molecular formula is C26H31FN4O6S. The molecule has 4 fully saturated rings. The van der Waals surface area contributed by atoms with Crippen molar-refractivity contribution in [3.63, 3.8) is 0 Å². The summed E-state index contributed by atoms with van der Waals surface area (Å²) in [6, 6.07) is 3.57. The third-order valence-corrected chi connectivity index (χ3v) is 10.0. The molecule has 2 aliphatic carbocycles. The van der Waals surface area contributed by atoms with Crippen LogP contribution in [0.4, 0.5) is 20.7 Å². The van der Waals surface area contributed by atoms with E-state index in [-0.39, 0.29) is 40.5 Å². The third-order valence-electron chi connectivity index (χ3n) is 7.78. The van der Waals surface area contributed by atoms with Crippen LogP contribution >= 0.6 is 0 Å². The molecule has 2 bridgehead atoms. The number of benzene rings is 1. The van der Waals surface area contributed by atoms with Crippen molar-refractivity contribution in [1.82, 2.24) is 14.9 Å². The molecule has 2 saturated heterocycles. The van der Waals surface area contributed by atoms with E-state index in [1.54, 1.807) is 6.92 Å². The second kappa shape index (κ2) is 9.33. The number of sulfone groups is 1. The summed E-state index contributed by atoms with van der Waals surface area (Å²) < 4.78 is 57.4. The van der Waals surface area contributed by atoms with Crippen molar-refractivity contribution in [2.45, 2.75) is 86.3 Å². The number of carbonyl (C=O) groups excluding carboxylic acids is 1. The zero-order chi connectivity index (χ0) is 26.7. The molecule has 6 rings (SSSR count). The number of rotatable bonds is 7. The second-order valence-corrected chi connectivity index (χ2v) is 13.2. The van der Waals surface area contributed by atoms with Crippen molar-refractivity contribution < 1.29 is 31.8 Å². The van der Waals surface area contributed by atoms with Gasteiger partial charge in [-0.05, 0) is 57.7 Å². The quantitative estimate of drug-likeness (QED) is 0.551. The molecule has 204 valence electrons. The molecule has 2 saturated carbocycles. The average molecular weight is 547 g/mol. The summed E-state index contributed by atoms with van der Waals surface area (Å²) in [6.45, 7) is 4.56. The van der Waals surface area contributed by atoms with Crippen molar-refractivity contribution in [3.8, 4) is 5.88 Å². The maximum atomic E-state index is 14.8. The van der Waals surface area contributed by atoms with Gasteiger partial charge in [0.05, 0.1) is 46.7 Å². The minimum Gasteiger partial charge on any atom is -0.474 e. The molecule has 3 atom stereocenters. The molecule has 4 aliphatic rings. The van der Waals surface area contributed by atoms with E-state index in [0.29, 0.717) is 56.2 Å². The summed E-state index contributed by atoms with van der Waals surface area (Å²) >= 11 is 0. The van der Waals surface area contributed by atoms with Gasteiger partial charge in [0.25, 0.3) is 0 Å². The number of halogens is 1. The number of fused-ring (bicyclic) bond motifs is 2. The number of morpholine rings is 1. The van der Waals surface area contributed by atoms with Gasteiger partial charge in [0.15, 0.2) is 9.84 Å². The van der Waals surface area contributed by atoms with Crippen molar-refractivity contribution in [3.05, 3.63) is 35.9 Å². The lowest BCUT2D eigenvalue weighted by Crippen LogP contribution is -2.61. The summed E-state index contributed by atoms with van der Waals surface area (Å²) in [5.41, 5.74) is 0.355. The number of hydrogen-bond donors (Lipinski definition) is 1. The summed E-state index contributed by atoms with van der Waals surface area (Å²) in [7, 11) is -3.49. The van der Waals surface area contributed by atoms with Crippen molar-refractivity contribution >= 4 is 27.4 Å². The maximum Gasteiger partial charge on any atom is 0.410 e. The molecule has 1 amide bonds. The molecule has 1 N–H and O–H groups in total. The average Bonchev–Trinajstić information content (AvgIpc) is 3.79. The summed E-state index contributed by atoms with van der Waals surface area (Å²) in [5, 5.41) is 2.53. The number of nitrogens with zero attached hydrogens (tertiary/aromatic N) is 3. The Morgan fingerprint density at radius 2 is 1.89 bits per heavy atom. The van der Waals surface area contributed by atoms with Crippen LogP contribution in [-0.4, -0.2) is 71.6 Å². The number of nitrogens with one attached hydrogen (secondary N) is 1. The minimum atomic E-state index is -3.49. The van der Waals surface area contributed by atoms with E-state index in [4.69, 9.17) is 14.2 Å². The predicted octanol–water partition coefficient (Wildman–Crippen LogP) is 3.90. The molecule has 0 spiro atoms. The van der Waals surface area contributed by atoms with Gasteiger partial charge < -0.3 is 19.5 Å². The van der Waals surface area contributed by atoms with Gasteiger partial charge in [-0.1, -0.05) is 0 Å². The van der Waals surface area contributed by atoms with Crippen LogP contribution in [-0.2, 0) is 19.3 Å². The van der Waals surface area contributed by atoms with E-state index in [1.807, 2.05) is 11.8 Å². The van der Waals surface area contributed by atoms with Crippen LogP contribution in [0.2, 0.25) is 0 Å². The molecule has 2 unspecified atom stereocenters. The normalized spacial score (nSPS) is 26.0.